The van der Waals surface area contributed by atoms with Gasteiger partial charge in [0.15, 0.2) is 6.04 Å². The van der Waals surface area contributed by atoms with E-state index in [4.69, 9.17) is 11.6 Å². The Morgan fingerprint density at radius 2 is 1.68 bits per heavy atom. The summed E-state index contributed by atoms with van der Waals surface area (Å²) in [5.41, 5.74) is 5.92. The van der Waals surface area contributed by atoms with E-state index in [0.29, 0.717) is 5.02 Å². The first kappa shape index (κ1) is 20.8. The van der Waals surface area contributed by atoms with E-state index in [2.05, 4.69) is 10.7 Å². The van der Waals surface area contributed by atoms with Gasteiger partial charge >= 0.3 is 5.91 Å². The molecule has 1 fully saturated rings. The van der Waals surface area contributed by atoms with Gasteiger partial charge in [0.1, 0.15) is 5.82 Å². The van der Waals surface area contributed by atoms with Gasteiger partial charge < -0.3 is 5.32 Å². The Kier molecular flexibility index (Phi) is 5.82. The molecular weight excluding hydrogens is 417 g/mol. The Labute approximate surface area is 184 Å². The van der Waals surface area contributed by atoms with Crippen molar-refractivity contribution in [3.05, 3.63) is 106 Å². The average molecular weight is 437 g/mol. The Morgan fingerprint density at radius 3 is 2.32 bits per heavy atom. The molecule has 1 aliphatic rings. The summed E-state index contributed by atoms with van der Waals surface area (Å²) in [7, 11) is 0. The SMILES string of the molecule is Cc1ccc(/C=[N+]2\NC(=O)[C@@H](NC(=O)c3ccc(F)cc3)[C@@H]2c2ccc(Cl)cc2)cc1. The molecule has 1 aliphatic heterocycles. The minimum atomic E-state index is -0.861. The van der Waals surface area contributed by atoms with E-state index < -0.39 is 23.8 Å². The Bertz CT molecular complexity index is 1140. The minimum absolute atomic E-state index is 0.269. The lowest BCUT2D eigenvalue weighted by Gasteiger charge is -2.15. The molecule has 0 saturated carbocycles. The normalized spacial score (nSPS) is 19.3. The zero-order valence-corrected chi connectivity index (χ0v) is 17.4. The molecule has 0 aromatic heterocycles. The van der Waals surface area contributed by atoms with Gasteiger partial charge in [0.25, 0.3) is 5.91 Å². The molecule has 0 bridgehead atoms. The summed E-state index contributed by atoms with van der Waals surface area (Å²) < 4.78 is 14.9. The molecule has 2 atom stereocenters. The van der Waals surface area contributed by atoms with E-state index in [1.54, 1.807) is 16.8 Å². The topological polar surface area (TPSA) is 61.2 Å². The van der Waals surface area contributed by atoms with E-state index in [1.165, 1.54) is 24.3 Å². The first-order chi connectivity index (χ1) is 14.9. The van der Waals surface area contributed by atoms with Crippen molar-refractivity contribution >= 4 is 29.6 Å². The monoisotopic (exact) mass is 436 g/mol. The molecule has 0 unspecified atom stereocenters. The van der Waals surface area contributed by atoms with Crippen molar-refractivity contribution in [2.24, 2.45) is 0 Å². The summed E-state index contributed by atoms with van der Waals surface area (Å²) >= 11 is 6.04. The van der Waals surface area contributed by atoms with Crippen LogP contribution in [0, 0.1) is 12.7 Å². The fraction of sp³-hybridized carbons (Fsp3) is 0.125. The number of benzene rings is 3. The van der Waals surface area contributed by atoms with Gasteiger partial charge in [-0.25, -0.2) is 4.39 Å². The van der Waals surface area contributed by atoms with Gasteiger partial charge in [-0.1, -0.05) is 41.4 Å². The molecular formula is C24H20ClFN3O2+. The number of halogens is 2. The van der Waals surface area contributed by atoms with Crippen LogP contribution in [0.5, 0.6) is 0 Å². The standard InChI is InChI=1S/C24H19ClFN3O2/c1-15-2-4-16(5-3-15)14-29-22(17-6-10-19(25)11-7-17)21(24(31)28-29)27-23(30)18-8-12-20(26)13-9-18/h2-14,21-22H,1H3,(H-,27,28,30,31)/p+1/b29-14-/t21-,22-/m0/s1. The van der Waals surface area contributed by atoms with E-state index >= 15 is 0 Å². The summed E-state index contributed by atoms with van der Waals surface area (Å²) in [6.45, 7) is 2.00. The molecule has 1 saturated heterocycles. The summed E-state index contributed by atoms with van der Waals surface area (Å²) in [5, 5.41) is 3.36. The second-order valence-corrected chi connectivity index (χ2v) is 7.81. The number of hydrazine groups is 1. The Balaban J connectivity index is 1.69. The van der Waals surface area contributed by atoms with Crippen LogP contribution in [-0.4, -0.2) is 28.8 Å². The highest BCUT2D eigenvalue weighted by atomic mass is 35.5. The van der Waals surface area contributed by atoms with Crippen molar-refractivity contribution in [2.45, 2.75) is 19.0 Å². The summed E-state index contributed by atoms with van der Waals surface area (Å²) in [6, 6.07) is 18.8. The largest absolute Gasteiger partial charge is 0.334 e. The number of carbonyl (C=O) groups excluding carboxylic acids is 2. The third-order valence-electron chi connectivity index (χ3n) is 5.11. The quantitative estimate of drug-likeness (QED) is 0.611. The third kappa shape index (κ3) is 4.64. The molecule has 2 amide bonds. The summed E-state index contributed by atoms with van der Waals surface area (Å²) in [5.74, 6) is -1.25. The molecule has 31 heavy (non-hydrogen) atoms. The molecule has 7 heteroatoms. The molecule has 156 valence electrons. The van der Waals surface area contributed by atoms with Crippen LogP contribution in [0.1, 0.15) is 33.1 Å². The van der Waals surface area contributed by atoms with Crippen molar-refractivity contribution in [3.63, 3.8) is 0 Å². The number of hydrazone groups is 1. The minimum Gasteiger partial charge on any atom is -0.334 e. The Morgan fingerprint density at radius 1 is 1.03 bits per heavy atom. The van der Waals surface area contributed by atoms with Gasteiger partial charge in [0, 0.05) is 21.7 Å². The second-order valence-electron chi connectivity index (χ2n) is 7.38. The molecule has 0 aliphatic carbocycles. The van der Waals surface area contributed by atoms with Gasteiger partial charge in [-0.15, -0.1) is 10.1 Å². The van der Waals surface area contributed by atoms with Crippen LogP contribution < -0.4 is 10.7 Å². The van der Waals surface area contributed by atoms with Gasteiger partial charge in [0.05, 0.1) is 0 Å². The highest BCUT2D eigenvalue weighted by Gasteiger charge is 2.47. The van der Waals surface area contributed by atoms with E-state index in [0.717, 1.165) is 16.7 Å². The van der Waals surface area contributed by atoms with Crippen molar-refractivity contribution < 1.29 is 18.7 Å². The molecule has 5 nitrogen and oxygen atoms in total. The maximum Gasteiger partial charge on any atom is 0.304 e. The van der Waals surface area contributed by atoms with Crippen LogP contribution in [0.25, 0.3) is 0 Å². The van der Waals surface area contributed by atoms with E-state index in [1.807, 2.05) is 49.5 Å². The number of nitrogens with one attached hydrogen (secondary N) is 2. The van der Waals surface area contributed by atoms with Gasteiger partial charge in [-0.3, -0.25) is 9.59 Å². The van der Waals surface area contributed by atoms with E-state index in [9.17, 15) is 14.0 Å². The highest BCUT2D eigenvalue weighted by molar-refractivity contribution is 6.30. The number of aryl methyl sites for hydroxylation is 1. The van der Waals surface area contributed by atoms with Crippen LogP contribution in [0.3, 0.4) is 0 Å². The first-order valence-electron chi connectivity index (χ1n) is 9.73. The van der Waals surface area contributed by atoms with Gasteiger partial charge in [0.2, 0.25) is 12.3 Å². The van der Waals surface area contributed by atoms with Crippen molar-refractivity contribution in [2.75, 3.05) is 0 Å². The summed E-state index contributed by atoms with van der Waals surface area (Å²) in [4.78, 5) is 25.6. The summed E-state index contributed by atoms with van der Waals surface area (Å²) in [6.07, 6.45) is 1.82. The molecule has 3 aromatic carbocycles. The van der Waals surface area contributed by atoms with Crippen LogP contribution in [0.4, 0.5) is 4.39 Å². The molecule has 4 rings (SSSR count). The lowest BCUT2D eigenvalue weighted by atomic mass is 9.99. The number of nitrogens with zero attached hydrogens (tertiary/aromatic N) is 1. The maximum atomic E-state index is 13.2. The number of hydrogen-bond acceptors (Lipinski definition) is 2. The molecule has 0 radical (unpaired) electrons. The second kappa shape index (κ2) is 8.70. The predicted molar refractivity (Wildman–Crippen MR) is 117 cm³/mol. The van der Waals surface area contributed by atoms with Crippen LogP contribution in [0.2, 0.25) is 5.02 Å². The molecule has 1 heterocycles. The fourth-order valence-electron chi connectivity index (χ4n) is 3.48. The van der Waals surface area contributed by atoms with Crippen molar-refractivity contribution in [3.8, 4) is 0 Å². The number of carbonyl (C=O) groups is 2. The lowest BCUT2D eigenvalue weighted by Crippen LogP contribution is -2.42. The zero-order chi connectivity index (χ0) is 22.0. The van der Waals surface area contributed by atoms with Crippen molar-refractivity contribution in [1.82, 2.24) is 10.7 Å². The van der Waals surface area contributed by atoms with Crippen molar-refractivity contribution in [1.29, 1.82) is 0 Å². The highest BCUT2D eigenvalue weighted by Crippen LogP contribution is 2.26. The van der Waals surface area contributed by atoms with Crippen LogP contribution >= 0.6 is 11.6 Å². The van der Waals surface area contributed by atoms with Crippen LogP contribution in [0.15, 0.2) is 72.8 Å². The smallest absolute Gasteiger partial charge is 0.304 e. The Hall–Kier alpha value is -3.51. The van der Waals surface area contributed by atoms with Gasteiger partial charge in [-0.05, 0) is 55.5 Å². The maximum absolute atomic E-state index is 13.2. The van der Waals surface area contributed by atoms with Gasteiger partial charge in [-0.2, -0.15) is 0 Å². The predicted octanol–water partition coefficient (Wildman–Crippen LogP) is 3.80. The lowest BCUT2D eigenvalue weighted by molar-refractivity contribution is -0.596. The number of amides is 2. The first-order valence-corrected chi connectivity index (χ1v) is 10.1. The molecule has 2 N–H and O–H groups in total. The fourth-order valence-corrected chi connectivity index (χ4v) is 3.61. The number of hydrogen-bond donors (Lipinski definition) is 2. The van der Waals surface area contributed by atoms with E-state index in [-0.39, 0.29) is 11.5 Å². The molecule has 0 spiro atoms. The number of rotatable bonds is 4. The third-order valence-corrected chi connectivity index (χ3v) is 5.36. The zero-order valence-electron chi connectivity index (χ0n) is 16.7. The van der Waals surface area contributed by atoms with Crippen LogP contribution in [-0.2, 0) is 4.79 Å². The molecule has 3 aromatic rings. The average Bonchev–Trinajstić information content (AvgIpc) is 3.05.